The molecule has 112 valence electrons. The van der Waals surface area contributed by atoms with Crippen molar-refractivity contribution in [3.8, 4) is 5.75 Å². The Balaban J connectivity index is 2.11. The molecule has 3 nitrogen and oxygen atoms in total. The topological polar surface area (TPSA) is 46.5 Å². The predicted molar refractivity (Wildman–Crippen MR) is 81.7 cm³/mol. The zero-order valence-corrected chi connectivity index (χ0v) is 12.9. The van der Waals surface area contributed by atoms with Crippen LogP contribution in [0.5, 0.6) is 5.75 Å². The van der Waals surface area contributed by atoms with Crippen LogP contribution in [0, 0.1) is 12.3 Å². The first-order valence-electron chi connectivity index (χ1n) is 7.54. The molecule has 0 fully saturated rings. The van der Waals surface area contributed by atoms with Crippen molar-refractivity contribution in [2.45, 2.75) is 39.0 Å². The number of ketones is 1. The van der Waals surface area contributed by atoms with Gasteiger partial charge in [-0.3, -0.25) is 4.79 Å². The third-order valence-electron chi connectivity index (χ3n) is 5.42. The Morgan fingerprint density at radius 2 is 2.24 bits per heavy atom. The molecule has 0 amide bonds. The molecule has 0 heterocycles. The quantitative estimate of drug-likeness (QED) is 0.929. The summed E-state index contributed by atoms with van der Waals surface area (Å²) in [6.45, 7) is 3.76. The average molecular weight is 286 g/mol. The minimum Gasteiger partial charge on any atom is -0.496 e. The molecule has 0 bridgehead atoms. The molecule has 0 aromatic heterocycles. The van der Waals surface area contributed by atoms with Crippen LogP contribution in [-0.2, 0) is 11.2 Å². The van der Waals surface area contributed by atoms with Crippen molar-refractivity contribution in [2.24, 2.45) is 5.41 Å². The van der Waals surface area contributed by atoms with Crippen molar-refractivity contribution >= 4 is 5.78 Å². The van der Waals surface area contributed by atoms with E-state index in [0.717, 1.165) is 30.6 Å². The Kier molecular flexibility index (Phi) is 3.40. The maximum Gasteiger partial charge on any atom is 0.156 e. The van der Waals surface area contributed by atoms with E-state index in [-0.39, 0.29) is 23.7 Å². The third kappa shape index (κ3) is 1.87. The summed E-state index contributed by atoms with van der Waals surface area (Å²) in [4.78, 5) is 11.9. The first-order chi connectivity index (χ1) is 10.0. The summed E-state index contributed by atoms with van der Waals surface area (Å²) in [5.74, 6) is 1.23. The number of rotatable bonds is 3. The number of carbonyl (C=O) groups is 1. The summed E-state index contributed by atoms with van der Waals surface area (Å²) in [7, 11) is 1.69. The van der Waals surface area contributed by atoms with Crippen LogP contribution in [0.3, 0.4) is 0 Å². The van der Waals surface area contributed by atoms with E-state index in [2.05, 4.69) is 13.0 Å². The van der Waals surface area contributed by atoms with Gasteiger partial charge in [0.25, 0.3) is 0 Å². The molecule has 0 spiro atoms. The Hall–Kier alpha value is -1.61. The second-order valence-electron chi connectivity index (χ2n) is 6.24. The number of ether oxygens (including phenoxy) is 1. The van der Waals surface area contributed by atoms with E-state index in [1.165, 1.54) is 16.7 Å². The van der Waals surface area contributed by atoms with Crippen LogP contribution in [0.25, 0.3) is 0 Å². The first-order valence-corrected chi connectivity index (χ1v) is 7.54. The average Bonchev–Trinajstić information content (AvgIpc) is 2.88. The van der Waals surface area contributed by atoms with E-state index in [4.69, 9.17) is 4.74 Å². The first kappa shape index (κ1) is 14.3. The van der Waals surface area contributed by atoms with Gasteiger partial charge in [-0.2, -0.15) is 0 Å². The van der Waals surface area contributed by atoms with Crippen molar-refractivity contribution in [2.75, 3.05) is 13.7 Å². The highest BCUT2D eigenvalue weighted by molar-refractivity contribution is 5.95. The summed E-state index contributed by atoms with van der Waals surface area (Å²) in [6, 6.07) is 4.12. The Morgan fingerprint density at radius 3 is 2.86 bits per heavy atom. The lowest BCUT2D eigenvalue weighted by Gasteiger charge is -2.42. The van der Waals surface area contributed by atoms with Gasteiger partial charge in [-0.05, 0) is 67.4 Å². The molecule has 21 heavy (non-hydrogen) atoms. The van der Waals surface area contributed by atoms with Crippen LogP contribution in [0.1, 0.15) is 42.4 Å². The molecule has 0 aliphatic heterocycles. The van der Waals surface area contributed by atoms with Crippen LogP contribution in [0.15, 0.2) is 23.8 Å². The maximum absolute atomic E-state index is 11.9. The summed E-state index contributed by atoms with van der Waals surface area (Å²) in [5.41, 5.74) is 4.26. The lowest BCUT2D eigenvalue weighted by Crippen LogP contribution is -2.38. The number of hydrogen-bond acceptors (Lipinski definition) is 3. The smallest absolute Gasteiger partial charge is 0.156 e. The predicted octanol–water partition coefficient (Wildman–Crippen LogP) is 2.93. The van der Waals surface area contributed by atoms with Gasteiger partial charge in [0.15, 0.2) is 5.78 Å². The molecule has 2 aliphatic rings. The number of hydrogen-bond donors (Lipinski definition) is 1. The molecule has 2 aliphatic carbocycles. The van der Waals surface area contributed by atoms with Gasteiger partial charge in [0.05, 0.1) is 13.7 Å². The summed E-state index contributed by atoms with van der Waals surface area (Å²) >= 11 is 0. The summed E-state index contributed by atoms with van der Waals surface area (Å²) in [5, 5.41) is 10.0. The number of aliphatic hydroxyl groups excluding tert-OH is 1. The molecule has 0 radical (unpaired) electrons. The number of methoxy groups -OCH3 is 1. The molecule has 3 heteroatoms. The van der Waals surface area contributed by atoms with Gasteiger partial charge in [0.1, 0.15) is 5.75 Å². The van der Waals surface area contributed by atoms with E-state index in [1.54, 1.807) is 14.0 Å². The van der Waals surface area contributed by atoms with E-state index in [1.807, 2.05) is 12.1 Å². The molecular formula is C18H22O3. The van der Waals surface area contributed by atoms with E-state index >= 15 is 0 Å². The fourth-order valence-electron chi connectivity index (χ4n) is 4.34. The van der Waals surface area contributed by atoms with Gasteiger partial charge in [-0.25, -0.2) is 0 Å². The molecule has 1 aromatic carbocycles. The minimum atomic E-state index is -0.375. The second kappa shape index (κ2) is 4.99. The highest BCUT2D eigenvalue weighted by Gasteiger charge is 2.49. The number of aliphatic hydroxyl groups is 1. The van der Waals surface area contributed by atoms with Crippen molar-refractivity contribution in [3.05, 3.63) is 40.5 Å². The largest absolute Gasteiger partial charge is 0.496 e. The van der Waals surface area contributed by atoms with Crippen LogP contribution in [-0.4, -0.2) is 24.6 Å². The Labute approximate surface area is 125 Å². The lowest BCUT2D eigenvalue weighted by atomic mass is 9.62. The number of allylic oxidation sites excluding steroid dienone is 1. The summed E-state index contributed by atoms with van der Waals surface area (Å²) in [6.07, 6.45) is 4.60. The highest BCUT2D eigenvalue weighted by atomic mass is 16.5. The van der Waals surface area contributed by atoms with Gasteiger partial charge in [-0.1, -0.05) is 12.1 Å². The standard InChI is InChI=1S/C18H22O3/c1-11-13-8-9-18(10-19)15(12(2)20)5-6-16(18)14(13)4-7-17(11)21-3/h4-5,7,16,19H,6,8-10H2,1-3H3/t16-,18-/m1/s1. The Bertz CT molecular complexity index is 630. The molecular weight excluding hydrogens is 264 g/mol. The second-order valence-corrected chi connectivity index (χ2v) is 6.24. The van der Waals surface area contributed by atoms with E-state index in [0.29, 0.717) is 0 Å². The van der Waals surface area contributed by atoms with Crippen LogP contribution in [0.4, 0.5) is 0 Å². The van der Waals surface area contributed by atoms with Gasteiger partial charge < -0.3 is 9.84 Å². The fraction of sp³-hybridized carbons (Fsp3) is 0.500. The van der Waals surface area contributed by atoms with E-state index < -0.39 is 0 Å². The van der Waals surface area contributed by atoms with Crippen LogP contribution < -0.4 is 4.74 Å². The van der Waals surface area contributed by atoms with Crippen molar-refractivity contribution < 1.29 is 14.6 Å². The molecule has 3 rings (SSSR count). The SMILES string of the molecule is COc1ccc2c(c1C)CC[C@@]1(CO)C(C(C)=O)=CC[C@H]21. The zero-order valence-electron chi connectivity index (χ0n) is 12.9. The van der Waals surface area contributed by atoms with Crippen molar-refractivity contribution in [3.63, 3.8) is 0 Å². The molecule has 0 saturated carbocycles. The van der Waals surface area contributed by atoms with Gasteiger partial charge in [0.2, 0.25) is 0 Å². The van der Waals surface area contributed by atoms with Crippen LogP contribution >= 0.6 is 0 Å². The molecule has 1 aromatic rings. The van der Waals surface area contributed by atoms with Crippen molar-refractivity contribution in [1.29, 1.82) is 0 Å². The summed E-state index contributed by atoms with van der Waals surface area (Å²) < 4.78 is 5.42. The normalized spacial score (nSPS) is 26.9. The highest BCUT2D eigenvalue weighted by Crippen LogP contribution is 2.56. The van der Waals surface area contributed by atoms with E-state index in [9.17, 15) is 9.90 Å². The molecule has 0 saturated heterocycles. The fourth-order valence-corrected chi connectivity index (χ4v) is 4.34. The number of Topliss-reactive ketones (excluding diaryl/α,β-unsaturated/α-hetero) is 1. The maximum atomic E-state index is 11.9. The minimum absolute atomic E-state index is 0.0492. The third-order valence-corrected chi connectivity index (χ3v) is 5.42. The zero-order chi connectivity index (χ0) is 15.2. The molecule has 0 unspecified atom stereocenters. The van der Waals surface area contributed by atoms with Gasteiger partial charge >= 0.3 is 0 Å². The number of fused-ring (bicyclic) bond motifs is 3. The van der Waals surface area contributed by atoms with Crippen LogP contribution in [0.2, 0.25) is 0 Å². The van der Waals surface area contributed by atoms with Gasteiger partial charge in [0, 0.05) is 5.41 Å². The Morgan fingerprint density at radius 1 is 1.48 bits per heavy atom. The molecule has 2 atom stereocenters. The number of benzene rings is 1. The van der Waals surface area contributed by atoms with Crippen molar-refractivity contribution in [1.82, 2.24) is 0 Å². The lowest BCUT2D eigenvalue weighted by molar-refractivity contribution is -0.115. The molecule has 1 N–H and O–H groups in total. The van der Waals surface area contributed by atoms with Gasteiger partial charge in [-0.15, -0.1) is 0 Å². The monoisotopic (exact) mass is 286 g/mol. The number of carbonyl (C=O) groups excluding carboxylic acids is 1.